The van der Waals surface area contributed by atoms with E-state index in [1.54, 1.807) is 12.1 Å². The van der Waals surface area contributed by atoms with E-state index < -0.39 is 0 Å². The van der Waals surface area contributed by atoms with Gasteiger partial charge in [0.1, 0.15) is 0 Å². The van der Waals surface area contributed by atoms with Gasteiger partial charge in [-0.1, -0.05) is 62.2 Å². The van der Waals surface area contributed by atoms with E-state index in [9.17, 15) is 10.1 Å². The molecule has 1 unspecified atom stereocenters. The molecule has 5 heteroatoms. The number of hydrogen-bond donors (Lipinski definition) is 0. The number of alkyl halides is 1. The van der Waals surface area contributed by atoms with E-state index in [0.29, 0.717) is 6.42 Å². The van der Waals surface area contributed by atoms with Crippen molar-refractivity contribution < 1.29 is 4.92 Å². The minimum absolute atomic E-state index is 0.0473. The van der Waals surface area contributed by atoms with Crippen LogP contribution in [-0.2, 0) is 6.42 Å². The van der Waals surface area contributed by atoms with Gasteiger partial charge in [0.2, 0.25) is 0 Å². The fourth-order valence-corrected chi connectivity index (χ4v) is 2.92. The Morgan fingerprint density at radius 3 is 2.58 bits per heavy atom. The van der Waals surface area contributed by atoms with Crippen molar-refractivity contribution in [3.63, 3.8) is 0 Å². The Morgan fingerprint density at radius 2 is 1.89 bits per heavy atom. The third kappa shape index (κ3) is 3.64. The summed E-state index contributed by atoms with van der Waals surface area (Å²) >= 11 is 7.02. The lowest BCUT2D eigenvalue weighted by Crippen LogP contribution is -2.00. The minimum atomic E-state index is -0.337. The van der Waals surface area contributed by atoms with Gasteiger partial charge in [0.15, 0.2) is 0 Å². The van der Waals surface area contributed by atoms with Gasteiger partial charge in [-0.15, -0.1) is 0 Å². The number of nitrogens with zero attached hydrogens (tertiary/aromatic N) is 1. The van der Waals surface area contributed by atoms with Crippen LogP contribution in [0.2, 0.25) is 0 Å². The van der Waals surface area contributed by atoms with E-state index in [1.165, 1.54) is 6.07 Å². The van der Waals surface area contributed by atoms with E-state index in [1.807, 2.05) is 30.3 Å². The molecule has 3 nitrogen and oxygen atoms in total. The normalized spacial score (nSPS) is 12.1. The number of para-hydroxylation sites is 1. The van der Waals surface area contributed by atoms with Gasteiger partial charge in [0, 0.05) is 20.9 Å². The number of nitro benzene ring substituents is 1. The molecular weight excluding hydrogens is 374 g/mol. The van der Waals surface area contributed by atoms with Crippen LogP contribution in [0.15, 0.2) is 53.0 Å². The number of hydrogen-bond acceptors (Lipinski definition) is 2. The monoisotopic (exact) mass is 383 g/mol. The second-order valence-corrected chi connectivity index (χ2v) is 6.13. The van der Waals surface area contributed by atoms with Crippen molar-refractivity contribution >= 4 is 37.5 Å². The highest BCUT2D eigenvalue weighted by Gasteiger charge is 2.16. The molecule has 0 radical (unpaired) electrons. The van der Waals surface area contributed by atoms with Crippen LogP contribution >= 0.6 is 31.9 Å². The molecule has 98 valence electrons. The van der Waals surface area contributed by atoms with Crippen LogP contribution in [0.4, 0.5) is 5.69 Å². The zero-order valence-corrected chi connectivity index (χ0v) is 13.1. The summed E-state index contributed by atoms with van der Waals surface area (Å²) in [5, 5.41) is 11.0. The summed E-state index contributed by atoms with van der Waals surface area (Å²) in [4.78, 5) is 10.7. The number of rotatable bonds is 4. The topological polar surface area (TPSA) is 43.1 Å². The van der Waals surface area contributed by atoms with Crippen LogP contribution in [0.25, 0.3) is 0 Å². The van der Waals surface area contributed by atoms with Crippen molar-refractivity contribution in [2.45, 2.75) is 11.2 Å². The first-order valence-electron chi connectivity index (χ1n) is 5.70. The van der Waals surface area contributed by atoms with Crippen LogP contribution in [0.5, 0.6) is 0 Å². The summed E-state index contributed by atoms with van der Waals surface area (Å²) in [5.74, 6) is 0. The van der Waals surface area contributed by atoms with Crippen molar-refractivity contribution in [3.05, 3.63) is 74.2 Å². The summed E-state index contributed by atoms with van der Waals surface area (Å²) in [7, 11) is 0. The predicted molar refractivity (Wildman–Crippen MR) is 82.6 cm³/mol. The SMILES string of the molecule is O=[N+]([O-])c1ccccc1CC(Br)c1cccc(Br)c1. The van der Waals surface area contributed by atoms with Gasteiger partial charge < -0.3 is 0 Å². The molecule has 0 spiro atoms. The van der Waals surface area contributed by atoms with E-state index in [-0.39, 0.29) is 15.4 Å². The van der Waals surface area contributed by atoms with Crippen molar-refractivity contribution in [2.75, 3.05) is 0 Å². The highest BCUT2D eigenvalue weighted by molar-refractivity contribution is 9.10. The Morgan fingerprint density at radius 1 is 1.16 bits per heavy atom. The predicted octanol–water partition coefficient (Wildman–Crippen LogP) is 5.04. The van der Waals surface area contributed by atoms with E-state index >= 15 is 0 Å². The average Bonchev–Trinajstić information content (AvgIpc) is 2.39. The van der Waals surface area contributed by atoms with Gasteiger partial charge in [0.05, 0.1) is 4.92 Å². The maximum absolute atomic E-state index is 11.0. The first-order chi connectivity index (χ1) is 9.08. The van der Waals surface area contributed by atoms with Gasteiger partial charge in [0.25, 0.3) is 5.69 Å². The molecule has 0 aliphatic heterocycles. The molecule has 0 aromatic heterocycles. The highest BCUT2D eigenvalue weighted by Crippen LogP contribution is 2.31. The quantitative estimate of drug-likeness (QED) is 0.421. The van der Waals surface area contributed by atoms with Gasteiger partial charge >= 0.3 is 0 Å². The van der Waals surface area contributed by atoms with Crippen molar-refractivity contribution in [1.82, 2.24) is 0 Å². The fourth-order valence-electron chi connectivity index (χ4n) is 1.87. The minimum Gasteiger partial charge on any atom is -0.258 e. The number of benzene rings is 2. The lowest BCUT2D eigenvalue weighted by Gasteiger charge is -2.11. The Balaban J connectivity index is 2.24. The average molecular weight is 385 g/mol. The summed E-state index contributed by atoms with van der Waals surface area (Å²) in [6, 6.07) is 14.8. The van der Waals surface area contributed by atoms with Gasteiger partial charge in [-0.05, 0) is 24.1 Å². The van der Waals surface area contributed by atoms with Crippen molar-refractivity contribution in [2.24, 2.45) is 0 Å². The largest absolute Gasteiger partial charge is 0.272 e. The highest BCUT2D eigenvalue weighted by atomic mass is 79.9. The zero-order valence-electron chi connectivity index (χ0n) is 9.92. The van der Waals surface area contributed by atoms with Crippen LogP contribution in [0.1, 0.15) is 16.0 Å². The molecule has 0 N–H and O–H groups in total. The molecule has 0 aliphatic carbocycles. The van der Waals surface area contributed by atoms with Gasteiger partial charge in [-0.2, -0.15) is 0 Å². The lowest BCUT2D eigenvalue weighted by molar-refractivity contribution is -0.385. The van der Waals surface area contributed by atoms with E-state index in [4.69, 9.17) is 0 Å². The fraction of sp³-hybridized carbons (Fsp3) is 0.143. The summed E-state index contributed by atoms with van der Waals surface area (Å²) < 4.78 is 0.997. The Labute approximate surface area is 128 Å². The lowest BCUT2D eigenvalue weighted by atomic mass is 10.0. The molecule has 0 saturated heterocycles. The molecule has 1 atom stereocenters. The number of halogens is 2. The second-order valence-electron chi connectivity index (χ2n) is 4.11. The molecule has 2 aromatic rings. The molecule has 0 saturated carbocycles. The van der Waals surface area contributed by atoms with Crippen LogP contribution in [0, 0.1) is 10.1 Å². The second kappa shape index (κ2) is 6.30. The van der Waals surface area contributed by atoms with Crippen LogP contribution in [0.3, 0.4) is 0 Å². The van der Waals surface area contributed by atoms with Crippen LogP contribution < -0.4 is 0 Å². The van der Waals surface area contributed by atoms with Gasteiger partial charge in [-0.3, -0.25) is 10.1 Å². The summed E-state index contributed by atoms with van der Waals surface area (Å²) in [6.45, 7) is 0. The third-order valence-electron chi connectivity index (χ3n) is 2.80. The maximum Gasteiger partial charge on any atom is 0.272 e. The van der Waals surface area contributed by atoms with E-state index in [0.717, 1.165) is 15.6 Å². The molecular formula is C14H11Br2NO2. The molecule has 2 rings (SSSR count). The number of nitro groups is 1. The molecule has 2 aromatic carbocycles. The Bertz CT molecular complexity index is 602. The molecule has 0 heterocycles. The Hall–Kier alpha value is -1.20. The van der Waals surface area contributed by atoms with Crippen molar-refractivity contribution in [1.29, 1.82) is 0 Å². The van der Waals surface area contributed by atoms with Crippen LogP contribution in [-0.4, -0.2) is 4.92 Å². The summed E-state index contributed by atoms with van der Waals surface area (Å²) in [5.41, 5.74) is 1.99. The maximum atomic E-state index is 11.0. The standard InChI is InChI=1S/C14H11Br2NO2/c15-12-6-3-5-10(8-12)13(16)9-11-4-1-2-7-14(11)17(18)19/h1-8,13H,9H2. The Kier molecular flexibility index (Phi) is 4.71. The third-order valence-corrected chi connectivity index (χ3v) is 4.14. The molecule has 19 heavy (non-hydrogen) atoms. The molecule has 0 fully saturated rings. The smallest absolute Gasteiger partial charge is 0.258 e. The summed E-state index contributed by atoms with van der Waals surface area (Å²) in [6.07, 6.45) is 0.577. The molecule has 0 bridgehead atoms. The molecule has 0 aliphatic rings. The first-order valence-corrected chi connectivity index (χ1v) is 7.40. The van der Waals surface area contributed by atoms with Gasteiger partial charge in [-0.25, -0.2) is 0 Å². The van der Waals surface area contributed by atoms with E-state index in [2.05, 4.69) is 31.9 Å². The first kappa shape index (κ1) is 14.2. The molecule has 0 amide bonds. The van der Waals surface area contributed by atoms with Crippen molar-refractivity contribution in [3.8, 4) is 0 Å². The zero-order chi connectivity index (χ0) is 13.8.